The van der Waals surface area contributed by atoms with Crippen LogP contribution in [0.2, 0.25) is 5.02 Å². The van der Waals surface area contributed by atoms with Gasteiger partial charge in [0, 0.05) is 6.20 Å². The third-order valence-electron chi connectivity index (χ3n) is 0.774. The second kappa shape index (κ2) is 9.06. The Morgan fingerprint density at radius 1 is 1.15 bits per heavy atom. The molecule has 1 rings (SSSR count). The zero-order valence-corrected chi connectivity index (χ0v) is 9.03. The summed E-state index contributed by atoms with van der Waals surface area (Å²) in [5.41, 5.74) is -1.12. The summed E-state index contributed by atoms with van der Waals surface area (Å²) in [6.45, 7) is 8.00. The maximum absolute atomic E-state index is 10.4. The molecule has 1 aromatic heterocycles. The Morgan fingerprint density at radius 2 is 1.62 bits per heavy atom. The van der Waals surface area contributed by atoms with E-state index < -0.39 is 11.2 Å². The first kappa shape index (κ1) is 14.5. The topological polar surface area (TPSA) is 65.7 Å². The monoisotopic (exact) mass is 206 g/mol. The van der Waals surface area contributed by atoms with E-state index in [1.165, 1.54) is 0 Å². The fourth-order valence-electron chi connectivity index (χ4n) is 0.393. The van der Waals surface area contributed by atoms with Crippen LogP contribution in [0.3, 0.4) is 0 Å². The second-order valence-corrected chi connectivity index (χ2v) is 1.83. The summed E-state index contributed by atoms with van der Waals surface area (Å²) in [5, 5.41) is -0.0189. The van der Waals surface area contributed by atoms with Crippen LogP contribution in [0, 0.1) is 0 Å². The Bertz CT molecular complexity index is 316. The molecule has 0 aliphatic rings. The van der Waals surface area contributed by atoms with Crippen LogP contribution >= 0.6 is 11.6 Å². The van der Waals surface area contributed by atoms with E-state index in [1.807, 2.05) is 32.7 Å². The van der Waals surface area contributed by atoms with Crippen molar-refractivity contribution in [3.05, 3.63) is 32.1 Å². The molecule has 0 fully saturated rings. The molecule has 0 saturated heterocycles. The SMILES string of the molecule is CC.CC.O=c1[nH]cc(Cl)c(=O)[nH]1. The molecule has 0 radical (unpaired) electrons. The maximum atomic E-state index is 10.4. The van der Waals surface area contributed by atoms with Crippen molar-refractivity contribution in [2.45, 2.75) is 27.7 Å². The van der Waals surface area contributed by atoms with Gasteiger partial charge in [0.2, 0.25) is 0 Å². The molecule has 1 heterocycles. The van der Waals surface area contributed by atoms with Gasteiger partial charge in [-0.15, -0.1) is 0 Å². The van der Waals surface area contributed by atoms with E-state index >= 15 is 0 Å². The molecule has 0 aromatic carbocycles. The lowest BCUT2D eigenvalue weighted by atomic mass is 10.7. The summed E-state index contributed by atoms with van der Waals surface area (Å²) in [6.07, 6.45) is 1.14. The van der Waals surface area contributed by atoms with Crippen LogP contribution in [0.1, 0.15) is 27.7 Å². The van der Waals surface area contributed by atoms with E-state index in [1.54, 1.807) is 0 Å². The summed E-state index contributed by atoms with van der Waals surface area (Å²) in [7, 11) is 0. The molecule has 2 N–H and O–H groups in total. The molecule has 1 aromatic rings. The lowest BCUT2D eigenvalue weighted by Crippen LogP contribution is -2.20. The van der Waals surface area contributed by atoms with Gasteiger partial charge in [-0.1, -0.05) is 39.3 Å². The molecule has 0 unspecified atom stereocenters. The first-order valence-electron chi connectivity index (χ1n) is 4.17. The number of aromatic nitrogens is 2. The van der Waals surface area contributed by atoms with Crippen molar-refractivity contribution >= 4 is 11.6 Å². The predicted octanol–water partition coefficient (Wildman–Crippen LogP) is 1.77. The number of rotatable bonds is 0. The number of H-pyrrole nitrogens is 2. The van der Waals surface area contributed by atoms with Crippen LogP contribution in [0.4, 0.5) is 0 Å². The average molecular weight is 207 g/mol. The molecule has 0 spiro atoms. The largest absolute Gasteiger partial charge is 0.325 e. The first-order chi connectivity index (χ1) is 6.20. The second-order valence-electron chi connectivity index (χ2n) is 1.42. The number of nitrogens with one attached hydrogen (secondary N) is 2. The Labute approximate surface area is 82.0 Å². The summed E-state index contributed by atoms with van der Waals surface area (Å²) in [6, 6.07) is 0. The fraction of sp³-hybridized carbons (Fsp3) is 0.500. The van der Waals surface area contributed by atoms with Crippen LogP contribution in [-0.2, 0) is 0 Å². The minimum atomic E-state index is -0.569. The van der Waals surface area contributed by atoms with E-state index in [0.29, 0.717) is 0 Å². The molecule has 0 saturated carbocycles. The minimum absolute atomic E-state index is 0.0189. The van der Waals surface area contributed by atoms with Gasteiger partial charge in [0.25, 0.3) is 5.56 Å². The van der Waals surface area contributed by atoms with Crippen molar-refractivity contribution in [2.24, 2.45) is 0 Å². The Kier molecular flexibility index (Phi) is 10.1. The summed E-state index contributed by atoms with van der Waals surface area (Å²) >= 11 is 5.27. The lowest BCUT2D eigenvalue weighted by molar-refractivity contribution is 1.04. The van der Waals surface area contributed by atoms with E-state index in [2.05, 4.69) is 4.98 Å². The van der Waals surface area contributed by atoms with Gasteiger partial charge in [-0.3, -0.25) is 9.78 Å². The molecule has 13 heavy (non-hydrogen) atoms. The van der Waals surface area contributed by atoms with Crippen LogP contribution in [-0.4, -0.2) is 9.97 Å². The molecule has 0 amide bonds. The number of hydrogen-bond acceptors (Lipinski definition) is 2. The van der Waals surface area contributed by atoms with Gasteiger partial charge in [0.05, 0.1) is 0 Å². The maximum Gasteiger partial charge on any atom is 0.325 e. The molecule has 0 atom stereocenters. The zero-order valence-electron chi connectivity index (χ0n) is 8.27. The highest BCUT2D eigenvalue weighted by Gasteiger charge is 1.91. The van der Waals surface area contributed by atoms with Gasteiger partial charge in [-0.25, -0.2) is 4.79 Å². The Balaban J connectivity index is 0. The van der Waals surface area contributed by atoms with Gasteiger partial charge in [0.15, 0.2) is 0 Å². The molecular weight excluding hydrogens is 192 g/mol. The highest BCUT2D eigenvalue weighted by Crippen LogP contribution is 1.90. The van der Waals surface area contributed by atoms with Gasteiger partial charge < -0.3 is 4.98 Å². The van der Waals surface area contributed by atoms with Crippen molar-refractivity contribution in [3.8, 4) is 0 Å². The molecule has 0 bridgehead atoms. The predicted molar refractivity (Wildman–Crippen MR) is 55.4 cm³/mol. The van der Waals surface area contributed by atoms with E-state index in [9.17, 15) is 9.59 Å². The van der Waals surface area contributed by atoms with Crippen molar-refractivity contribution in [1.29, 1.82) is 0 Å². The van der Waals surface area contributed by atoms with E-state index in [0.717, 1.165) is 6.20 Å². The lowest BCUT2D eigenvalue weighted by Gasteiger charge is -1.82. The van der Waals surface area contributed by atoms with Gasteiger partial charge >= 0.3 is 5.69 Å². The van der Waals surface area contributed by atoms with Crippen molar-refractivity contribution in [3.63, 3.8) is 0 Å². The van der Waals surface area contributed by atoms with E-state index in [-0.39, 0.29) is 5.02 Å². The summed E-state index contributed by atoms with van der Waals surface area (Å²) in [4.78, 5) is 24.8. The van der Waals surface area contributed by atoms with Gasteiger partial charge in [-0.05, 0) is 0 Å². The highest BCUT2D eigenvalue weighted by atomic mass is 35.5. The van der Waals surface area contributed by atoms with Gasteiger partial charge in [0.1, 0.15) is 5.02 Å². The van der Waals surface area contributed by atoms with Crippen LogP contribution < -0.4 is 11.2 Å². The number of halogens is 1. The summed E-state index contributed by atoms with van der Waals surface area (Å²) in [5.74, 6) is 0. The summed E-state index contributed by atoms with van der Waals surface area (Å²) < 4.78 is 0. The Morgan fingerprint density at radius 3 is 1.92 bits per heavy atom. The average Bonchev–Trinajstić information content (AvgIpc) is 2.18. The fourth-order valence-corrected chi connectivity index (χ4v) is 0.495. The van der Waals surface area contributed by atoms with Crippen molar-refractivity contribution < 1.29 is 0 Å². The standard InChI is InChI=1S/C4H3ClN2O2.2C2H6/c5-2-1-6-4(9)7-3(2)8;2*1-2/h1H,(H2,6,7,8,9);2*1-2H3. The zero-order chi connectivity index (χ0) is 10.9. The normalized spacial score (nSPS) is 7.46. The third-order valence-corrected chi connectivity index (χ3v) is 1.05. The smallest absolute Gasteiger partial charge is 0.313 e. The Hall–Kier alpha value is -1.03. The quantitative estimate of drug-likeness (QED) is 0.680. The molecule has 0 aliphatic carbocycles. The first-order valence-corrected chi connectivity index (χ1v) is 4.55. The van der Waals surface area contributed by atoms with Crippen LogP contribution in [0.15, 0.2) is 15.8 Å². The molecule has 5 heteroatoms. The van der Waals surface area contributed by atoms with Crippen molar-refractivity contribution in [1.82, 2.24) is 9.97 Å². The third kappa shape index (κ3) is 6.16. The molecule has 0 aliphatic heterocycles. The van der Waals surface area contributed by atoms with Gasteiger partial charge in [-0.2, -0.15) is 0 Å². The minimum Gasteiger partial charge on any atom is -0.313 e. The number of hydrogen-bond donors (Lipinski definition) is 2. The molecular formula is C8H15ClN2O2. The molecule has 76 valence electrons. The van der Waals surface area contributed by atoms with Crippen LogP contribution in [0.25, 0.3) is 0 Å². The molecule has 4 nitrogen and oxygen atoms in total. The number of aromatic amines is 2. The van der Waals surface area contributed by atoms with Crippen LogP contribution in [0.5, 0.6) is 0 Å². The highest BCUT2D eigenvalue weighted by molar-refractivity contribution is 6.30. The van der Waals surface area contributed by atoms with Crippen molar-refractivity contribution in [2.75, 3.05) is 0 Å². The van der Waals surface area contributed by atoms with E-state index in [4.69, 9.17) is 11.6 Å².